The fourth-order valence-corrected chi connectivity index (χ4v) is 3.29. The number of anilines is 1. The van der Waals surface area contributed by atoms with E-state index in [0.29, 0.717) is 10.2 Å². The number of nitrogens with one attached hydrogen (secondary N) is 2. The van der Waals surface area contributed by atoms with Crippen LogP contribution < -0.4 is 20.3 Å². The van der Waals surface area contributed by atoms with Crippen LogP contribution in [0, 0.1) is 0 Å². The van der Waals surface area contributed by atoms with Gasteiger partial charge in [0.05, 0.1) is 31.6 Å². The molecule has 2 N–H and O–H groups in total. The maximum atomic E-state index is 11.8. The van der Waals surface area contributed by atoms with Crippen molar-refractivity contribution in [2.75, 3.05) is 26.1 Å². The highest BCUT2D eigenvalue weighted by Gasteiger charge is 2.10. The molecule has 3 aromatic rings. The third-order valence-corrected chi connectivity index (χ3v) is 4.97. The molecule has 7 nitrogen and oxygen atoms in total. The lowest BCUT2D eigenvalue weighted by molar-refractivity contribution is 0.398. The Morgan fingerprint density at radius 2 is 2.08 bits per heavy atom. The molecule has 0 radical (unpaired) electrons. The monoisotopic (exact) mass is 420 g/mol. The molecule has 26 heavy (non-hydrogen) atoms. The minimum Gasteiger partial charge on any atom is -0.497 e. The summed E-state index contributed by atoms with van der Waals surface area (Å²) in [5.74, 6) is 1.54. The van der Waals surface area contributed by atoms with Crippen LogP contribution in [0.1, 0.15) is 12.1 Å². The number of H-pyrrole nitrogens is 1. The van der Waals surface area contributed by atoms with E-state index in [2.05, 4.69) is 37.4 Å². The van der Waals surface area contributed by atoms with E-state index < -0.39 is 0 Å². The van der Waals surface area contributed by atoms with Crippen molar-refractivity contribution >= 4 is 32.5 Å². The normalized spacial score (nSPS) is 10.9. The van der Waals surface area contributed by atoms with E-state index in [-0.39, 0.29) is 5.56 Å². The van der Waals surface area contributed by atoms with E-state index in [0.717, 1.165) is 47.5 Å². The second-order valence-electron chi connectivity index (χ2n) is 5.92. The van der Waals surface area contributed by atoms with E-state index in [1.54, 1.807) is 27.5 Å². The SMILES string of the molecule is COc1cc(OC)c2cc(CCCNc3cnn(C)c(=O)c3Br)[nH]c2c1. The van der Waals surface area contributed by atoms with Crippen molar-refractivity contribution in [2.45, 2.75) is 12.8 Å². The zero-order valence-electron chi connectivity index (χ0n) is 14.9. The van der Waals surface area contributed by atoms with Crippen LogP contribution >= 0.6 is 15.9 Å². The van der Waals surface area contributed by atoms with E-state index in [4.69, 9.17) is 9.47 Å². The van der Waals surface area contributed by atoms with E-state index in [1.165, 1.54) is 4.68 Å². The van der Waals surface area contributed by atoms with Crippen LogP contribution in [-0.2, 0) is 13.5 Å². The van der Waals surface area contributed by atoms with Gasteiger partial charge in [-0.05, 0) is 34.8 Å². The van der Waals surface area contributed by atoms with Gasteiger partial charge in [0.1, 0.15) is 16.0 Å². The van der Waals surface area contributed by atoms with Crippen molar-refractivity contribution in [1.29, 1.82) is 0 Å². The molecule has 0 aliphatic rings. The molecule has 2 heterocycles. The Hall–Kier alpha value is -2.48. The Kier molecular flexibility index (Phi) is 5.51. The molecule has 0 fully saturated rings. The van der Waals surface area contributed by atoms with Gasteiger partial charge in [-0.25, -0.2) is 4.68 Å². The minimum atomic E-state index is -0.161. The molecule has 0 saturated heterocycles. The summed E-state index contributed by atoms with van der Waals surface area (Å²) < 4.78 is 12.5. The molecule has 0 amide bonds. The highest BCUT2D eigenvalue weighted by molar-refractivity contribution is 9.10. The molecule has 0 spiro atoms. The maximum Gasteiger partial charge on any atom is 0.282 e. The van der Waals surface area contributed by atoms with Crippen LogP contribution in [0.15, 0.2) is 33.7 Å². The smallest absolute Gasteiger partial charge is 0.282 e. The average molecular weight is 421 g/mol. The number of rotatable bonds is 7. The van der Waals surface area contributed by atoms with Gasteiger partial charge in [0.2, 0.25) is 0 Å². The predicted molar refractivity (Wildman–Crippen MR) is 105 cm³/mol. The maximum absolute atomic E-state index is 11.8. The molecular weight excluding hydrogens is 400 g/mol. The number of aromatic amines is 1. The largest absolute Gasteiger partial charge is 0.497 e. The first-order valence-electron chi connectivity index (χ1n) is 8.22. The molecule has 0 aliphatic heterocycles. The molecule has 0 saturated carbocycles. The second-order valence-corrected chi connectivity index (χ2v) is 6.71. The molecular formula is C18H21BrN4O3. The van der Waals surface area contributed by atoms with Gasteiger partial charge in [-0.3, -0.25) is 4.79 Å². The standard InChI is InChI=1S/C18H21BrN4O3/c1-23-18(24)17(19)15(10-21-23)20-6-4-5-11-7-13-14(22-11)8-12(25-2)9-16(13)26-3/h7-10,20,22H,4-6H2,1-3H3. The average Bonchev–Trinajstić information content (AvgIpc) is 3.06. The fourth-order valence-electron chi connectivity index (χ4n) is 2.79. The van der Waals surface area contributed by atoms with Gasteiger partial charge in [0.25, 0.3) is 5.56 Å². The number of hydrogen-bond donors (Lipinski definition) is 2. The van der Waals surface area contributed by atoms with Crippen molar-refractivity contribution in [3.8, 4) is 11.5 Å². The number of nitrogens with zero attached hydrogens (tertiary/aromatic N) is 2. The van der Waals surface area contributed by atoms with Crippen molar-refractivity contribution < 1.29 is 9.47 Å². The van der Waals surface area contributed by atoms with Crippen LogP contribution in [0.4, 0.5) is 5.69 Å². The van der Waals surface area contributed by atoms with Crippen LogP contribution in [0.2, 0.25) is 0 Å². The number of methoxy groups -OCH3 is 2. The highest BCUT2D eigenvalue weighted by atomic mass is 79.9. The van der Waals surface area contributed by atoms with Crippen molar-refractivity contribution in [3.05, 3.63) is 44.9 Å². The summed E-state index contributed by atoms with van der Waals surface area (Å²) in [4.78, 5) is 15.3. The van der Waals surface area contributed by atoms with E-state index in [1.807, 2.05) is 12.1 Å². The summed E-state index contributed by atoms with van der Waals surface area (Å²) in [5, 5.41) is 8.30. The van der Waals surface area contributed by atoms with Gasteiger partial charge in [0.15, 0.2) is 0 Å². The van der Waals surface area contributed by atoms with Crippen LogP contribution in [0.25, 0.3) is 10.9 Å². The molecule has 0 unspecified atom stereocenters. The summed E-state index contributed by atoms with van der Waals surface area (Å²) in [7, 11) is 4.91. The summed E-state index contributed by atoms with van der Waals surface area (Å²) in [6, 6.07) is 5.94. The predicted octanol–water partition coefficient (Wildman–Crippen LogP) is 3.09. The number of fused-ring (bicyclic) bond motifs is 1. The zero-order chi connectivity index (χ0) is 18.7. The first-order valence-corrected chi connectivity index (χ1v) is 9.02. The lowest BCUT2D eigenvalue weighted by atomic mass is 10.2. The molecule has 8 heteroatoms. The number of halogens is 1. The molecule has 0 bridgehead atoms. The zero-order valence-corrected chi connectivity index (χ0v) is 16.5. The molecule has 2 aromatic heterocycles. The van der Waals surface area contributed by atoms with Crippen molar-refractivity contribution in [2.24, 2.45) is 7.05 Å². The lowest BCUT2D eigenvalue weighted by Crippen LogP contribution is -2.21. The molecule has 3 rings (SSSR count). The molecule has 0 atom stereocenters. The third-order valence-electron chi connectivity index (χ3n) is 4.20. The topological polar surface area (TPSA) is 81.2 Å². The summed E-state index contributed by atoms with van der Waals surface area (Å²) in [5.41, 5.74) is 2.65. The van der Waals surface area contributed by atoms with Crippen molar-refractivity contribution in [1.82, 2.24) is 14.8 Å². The lowest BCUT2D eigenvalue weighted by Gasteiger charge is -2.08. The van der Waals surface area contributed by atoms with Gasteiger partial charge in [-0.1, -0.05) is 0 Å². The van der Waals surface area contributed by atoms with Gasteiger partial charge in [-0.15, -0.1) is 0 Å². The first-order chi connectivity index (χ1) is 12.5. The second kappa shape index (κ2) is 7.82. The Bertz CT molecular complexity index is 980. The summed E-state index contributed by atoms with van der Waals surface area (Å²) in [6.07, 6.45) is 3.41. The van der Waals surface area contributed by atoms with Gasteiger partial charge in [-0.2, -0.15) is 5.10 Å². The third kappa shape index (κ3) is 3.70. The number of ether oxygens (including phenoxy) is 2. The van der Waals surface area contributed by atoms with Gasteiger partial charge in [0, 0.05) is 36.8 Å². The van der Waals surface area contributed by atoms with Crippen LogP contribution in [0.5, 0.6) is 11.5 Å². The molecule has 0 aliphatic carbocycles. The number of aromatic nitrogens is 3. The minimum absolute atomic E-state index is 0.161. The Morgan fingerprint density at radius 3 is 2.81 bits per heavy atom. The van der Waals surface area contributed by atoms with E-state index in [9.17, 15) is 4.79 Å². The quantitative estimate of drug-likeness (QED) is 0.573. The fraction of sp³-hybridized carbons (Fsp3) is 0.333. The Labute approximate surface area is 159 Å². The molecule has 1 aromatic carbocycles. The number of aryl methyl sites for hydroxylation is 2. The Balaban J connectivity index is 1.65. The first kappa shape index (κ1) is 18.3. The number of hydrogen-bond acceptors (Lipinski definition) is 5. The van der Waals surface area contributed by atoms with Gasteiger partial charge >= 0.3 is 0 Å². The van der Waals surface area contributed by atoms with Crippen LogP contribution in [0.3, 0.4) is 0 Å². The summed E-state index contributed by atoms with van der Waals surface area (Å²) >= 11 is 3.31. The summed E-state index contributed by atoms with van der Waals surface area (Å²) in [6.45, 7) is 0.725. The Morgan fingerprint density at radius 1 is 1.27 bits per heavy atom. The van der Waals surface area contributed by atoms with Gasteiger partial charge < -0.3 is 19.8 Å². The van der Waals surface area contributed by atoms with E-state index >= 15 is 0 Å². The highest BCUT2D eigenvalue weighted by Crippen LogP contribution is 2.31. The molecule has 138 valence electrons. The van der Waals surface area contributed by atoms with Crippen molar-refractivity contribution in [3.63, 3.8) is 0 Å². The number of benzene rings is 1. The van der Waals surface area contributed by atoms with Crippen LogP contribution in [-0.4, -0.2) is 35.5 Å².